The van der Waals surface area contributed by atoms with Crippen molar-refractivity contribution in [3.05, 3.63) is 0 Å². The SMILES string of the molecule is CC(CCCOS(=O)(=O)O)C1CCCC2C1C(O)CC1C2C(O)CC2CC(=O)CCC21C. The smallest absolute Gasteiger partial charge is 0.393 e. The summed E-state index contributed by atoms with van der Waals surface area (Å²) in [5.74, 6) is 2.08. The number of aliphatic hydroxyl groups is 2. The van der Waals surface area contributed by atoms with E-state index in [-0.39, 0.29) is 35.7 Å². The van der Waals surface area contributed by atoms with Gasteiger partial charge in [0.1, 0.15) is 5.78 Å². The van der Waals surface area contributed by atoms with Crippen molar-refractivity contribution in [2.45, 2.75) is 90.3 Å². The fourth-order valence-corrected chi connectivity index (χ4v) is 8.73. The lowest BCUT2D eigenvalue weighted by molar-refractivity contribution is -0.192. The van der Waals surface area contributed by atoms with Crippen molar-refractivity contribution in [3.63, 3.8) is 0 Å². The van der Waals surface area contributed by atoms with E-state index in [0.717, 1.165) is 32.1 Å². The molecule has 7 nitrogen and oxygen atoms in total. The molecule has 32 heavy (non-hydrogen) atoms. The summed E-state index contributed by atoms with van der Waals surface area (Å²) in [6, 6.07) is 0. The van der Waals surface area contributed by atoms with Crippen LogP contribution in [0.3, 0.4) is 0 Å². The molecule has 0 aromatic carbocycles. The fraction of sp³-hybridized carbons (Fsp3) is 0.958. The maximum atomic E-state index is 12.1. The van der Waals surface area contributed by atoms with Crippen molar-refractivity contribution >= 4 is 16.2 Å². The number of carbonyl (C=O) groups excluding carboxylic acids is 1. The molecule has 184 valence electrons. The average molecular weight is 473 g/mol. The normalized spacial score (nSPS) is 45.5. The Bertz CT molecular complexity index is 798. The van der Waals surface area contributed by atoms with Gasteiger partial charge in [-0.15, -0.1) is 0 Å². The predicted octanol–water partition coefficient (Wildman–Crippen LogP) is 3.39. The zero-order valence-electron chi connectivity index (χ0n) is 19.4. The Morgan fingerprint density at radius 1 is 1.16 bits per heavy atom. The minimum Gasteiger partial charge on any atom is -0.393 e. The first-order valence-corrected chi connectivity index (χ1v) is 13.9. The van der Waals surface area contributed by atoms with Crippen molar-refractivity contribution in [3.8, 4) is 0 Å². The van der Waals surface area contributed by atoms with E-state index in [4.69, 9.17) is 4.55 Å². The van der Waals surface area contributed by atoms with Crippen LogP contribution in [0.5, 0.6) is 0 Å². The van der Waals surface area contributed by atoms with E-state index < -0.39 is 22.6 Å². The molecule has 0 radical (unpaired) electrons. The van der Waals surface area contributed by atoms with Crippen LogP contribution < -0.4 is 0 Å². The van der Waals surface area contributed by atoms with Crippen LogP contribution in [0, 0.1) is 46.8 Å². The van der Waals surface area contributed by atoms with Crippen molar-refractivity contribution in [2.24, 2.45) is 46.8 Å². The second-order valence-corrected chi connectivity index (χ2v) is 12.5. The van der Waals surface area contributed by atoms with Gasteiger partial charge in [0.15, 0.2) is 0 Å². The molecule has 4 rings (SSSR count). The average Bonchev–Trinajstić information content (AvgIpc) is 2.71. The molecular weight excluding hydrogens is 432 g/mol. The van der Waals surface area contributed by atoms with Gasteiger partial charge in [-0.2, -0.15) is 8.42 Å². The molecule has 8 heteroatoms. The van der Waals surface area contributed by atoms with E-state index in [1.807, 2.05) is 0 Å². The molecule has 4 aliphatic rings. The summed E-state index contributed by atoms with van der Waals surface area (Å²) < 4.78 is 34.8. The minimum absolute atomic E-state index is 0.0233. The first-order chi connectivity index (χ1) is 15.0. The summed E-state index contributed by atoms with van der Waals surface area (Å²) in [7, 11) is -4.40. The second-order valence-electron chi connectivity index (χ2n) is 11.4. The van der Waals surface area contributed by atoms with Crippen molar-refractivity contribution < 1.29 is 32.2 Å². The quantitative estimate of drug-likeness (QED) is 0.400. The maximum absolute atomic E-state index is 12.1. The molecule has 10 unspecified atom stereocenters. The predicted molar refractivity (Wildman–Crippen MR) is 119 cm³/mol. The number of hydrogen-bond donors (Lipinski definition) is 3. The lowest BCUT2D eigenvalue weighted by Crippen LogP contribution is -2.61. The minimum atomic E-state index is -4.40. The molecular formula is C24H40O7S. The molecule has 0 amide bonds. The fourth-order valence-electron chi connectivity index (χ4n) is 8.41. The number of Topliss-reactive ketones (excluding diaryl/α,β-unsaturated/α-hetero) is 1. The molecule has 4 aliphatic carbocycles. The molecule has 0 aliphatic heterocycles. The van der Waals surface area contributed by atoms with Crippen LogP contribution in [0.4, 0.5) is 0 Å². The molecule has 0 bridgehead atoms. The summed E-state index contributed by atoms with van der Waals surface area (Å²) in [5.41, 5.74) is 0.0233. The van der Waals surface area contributed by atoms with E-state index in [0.29, 0.717) is 55.6 Å². The molecule has 0 saturated heterocycles. The van der Waals surface area contributed by atoms with Gasteiger partial charge >= 0.3 is 10.4 Å². The Kier molecular flexibility index (Phi) is 7.11. The molecule has 0 aromatic rings. The van der Waals surface area contributed by atoms with Crippen LogP contribution in [-0.2, 0) is 19.4 Å². The number of ketones is 1. The Hall–Kier alpha value is -0.540. The van der Waals surface area contributed by atoms with E-state index >= 15 is 0 Å². The first-order valence-electron chi connectivity index (χ1n) is 12.5. The number of carbonyl (C=O) groups is 1. The Balaban J connectivity index is 1.48. The lowest BCUT2D eigenvalue weighted by Gasteiger charge is -2.62. The molecule has 10 atom stereocenters. The summed E-state index contributed by atoms with van der Waals surface area (Å²) in [5, 5.41) is 22.7. The third kappa shape index (κ3) is 4.67. The Labute approximate surface area is 192 Å². The number of fused-ring (bicyclic) bond motifs is 5. The topological polar surface area (TPSA) is 121 Å². The van der Waals surface area contributed by atoms with Crippen LogP contribution in [0.1, 0.15) is 78.1 Å². The van der Waals surface area contributed by atoms with Crippen molar-refractivity contribution in [1.29, 1.82) is 0 Å². The zero-order chi connectivity index (χ0) is 23.3. The van der Waals surface area contributed by atoms with Gasteiger partial charge in [-0.1, -0.05) is 20.3 Å². The van der Waals surface area contributed by atoms with Gasteiger partial charge < -0.3 is 10.2 Å². The van der Waals surface area contributed by atoms with Crippen LogP contribution in [-0.4, -0.2) is 47.8 Å². The summed E-state index contributed by atoms with van der Waals surface area (Å²) in [6.07, 6.45) is 7.16. The zero-order valence-corrected chi connectivity index (χ0v) is 20.2. The van der Waals surface area contributed by atoms with Gasteiger partial charge in [-0.3, -0.25) is 9.35 Å². The molecule has 4 saturated carbocycles. The summed E-state index contributed by atoms with van der Waals surface area (Å²) >= 11 is 0. The molecule has 3 N–H and O–H groups in total. The standard InChI is InChI=1S/C24H40O7S/c1-14(5-4-10-31-32(28,29)30)17-6-3-7-18-22(17)21(27)13-19-23(18)20(26)12-15-11-16(25)8-9-24(15,19)2/h14-15,17-23,26-27H,3-13H2,1-2H3,(H,28,29,30). The van der Waals surface area contributed by atoms with Gasteiger partial charge in [0, 0.05) is 12.8 Å². The largest absolute Gasteiger partial charge is 0.397 e. The van der Waals surface area contributed by atoms with E-state index in [9.17, 15) is 23.4 Å². The highest BCUT2D eigenvalue weighted by Crippen LogP contribution is 2.63. The van der Waals surface area contributed by atoms with E-state index in [1.54, 1.807) is 0 Å². The lowest BCUT2D eigenvalue weighted by atomic mass is 9.43. The Morgan fingerprint density at radius 3 is 2.59 bits per heavy atom. The third-order valence-electron chi connectivity index (χ3n) is 9.90. The number of rotatable bonds is 6. The molecule has 4 fully saturated rings. The maximum Gasteiger partial charge on any atom is 0.397 e. The van der Waals surface area contributed by atoms with E-state index in [2.05, 4.69) is 18.0 Å². The van der Waals surface area contributed by atoms with Crippen molar-refractivity contribution in [1.82, 2.24) is 0 Å². The highest BCUT2D eigenvalue weighted by Gasteiger charge is 2.60. The highest BCUT2D eigenvalue weighted by atomic mass is 32.3. The van der Waals surface area contributed by atoms with Gasteiger partial charge in [0.05, 0.1) is 18.8 Å². The van der Waals surface area contributed by atoms with Gasteiger partial charge in [0.25, 0.3) is 0 Å². The van der Waals surface area contributed by atoms with Crippen LogP contribution in [0.25, 0.3) is 0 Å². The first kappa shape index (κ1) is 24.6. The number of aliphatic hydroxyl groups excluding tert-OH is 2. The second kappa shape index (κ2) is 9.25. The van der Waals surface area contributed by atoms with Crippen LogP contribution in [0.2, 0.25) is 0 Å². The van der Waals surface area contributed by atoms with Crippen LogP contribution in [0.15, 0.2) is 0 Å². The van der Waals surface area contributed by atoms with Crippen molar-refractivity contribution in [2.75, 3.05) is 6.61 Å². The summed E-state index contributed by atoms with van der Waals surface area (Å²) in [4.78, 5) is 12.1. The van der Waals surface area contributed by atoms with Gasteiger partial charge in [0.2, 0.25) is 0 Å². The van der Waals surface area contributed by atoms with Crippen LogP contribution >= 0.6 is 0 Å². The van der Waals surface area contributed by atoms with Gasteiger partial charge in [-0.05, 0) is 91.8 Å². The number of hydrogen-bond acceptors (Lipinski definition) is 6. The highest BCUT2D eigenvalue weighted by molar-refractivity contribution is 7.80. The Morgan fingerprint density at radius 2 is 1.88 bits per heavy atom. The molecule has 0 aromatic heterocycles. The molecule has 0 heterocycles. The monoisotopic (exact) mass is 472 g/mol. The third-order valence-corrected chi connectivity index (χ3v) is 10.4. The molecule has 0 spiro atoms. The van der Waals surface area contributed by atoms with E-state index in [1.165, 1.54) is 0 Å². The van der Waals surface area contributed by atoms with Gasteiger partial charge in [-0.25, -0.2) is 4.18 Å². The summed E-state index contributed by atoms with van der Waals surface area (Å²) in [6.45, 7) is 4.44.